The fourth-order valence-electron chi connectivity index (χ4n) is 1.96. The number of nitrogens with one attached hydrogen (secondary N) is 2. The number of halogens is 2. The molecule has 5 nitrogen and oxygen atoms in total. The molecule has 0 fully saturated rings. The van der Waals surface area contributed by atoms with Gasteiger partial charge in [0.25, 0.3) is 5.91 Å². The van der Waals surface area contributed by atoms with Crippen molar-refractivity contribution in [3.8, 4) is 0 Å². The lowest BCUT2D eigenvalue weighted by molar-refractivity contribution is 0.0168. The number of aryl methyl sites for hydroxylation is 1. The van der Waals surface area contributed by atoms with Gasteiger partial charge in [0.2, 0.25) is 0 Å². The first-order valence-corrected chi connectivity index (χ1v) is 7.95. The Hall–Kier alpha value is -1.71. The van der Waals surface area contributed by atoms with Crippen molar-refractivity contribution in [3.05, 3.63) is 56.9 Å². The largest absolute Gasteiger partial charge is 0.394 e. The summed E-state index contributed by atoms with van der Waals surface area (Å²) < 4.78 is 15.2. The van der Waals surface area contributed by atoms with E-state index in [-0.39, 0.29) is 24.5 Å². The van der Waals surface area contributed by atoms with E-state index in [0.29, 0.717) is 5.69 Å². The lowest BCUT2D eigenvalue weighted by atomic mass is 10.1. The highest BCUT2D eigenvalue weighted by Gasteiger charge is 2.16. The molecule has 3 N–H and O–H groups in total. The fraction of sp³-hybridized carbons (Fsp3) is 0.188. The van der Waals surface area contributed by atoms with Gasteiger partial charge in [-0.05, 0) is 65.4 Å². The second-order valence-corrected chi connectivity index (χ2v) is 6.00. The smallest absolute Gasteiger partial charge is 0.277 e. The van der Waals surface area contributed by atoms with Crippen LogP contribution in [0.2, 0.25) is 0 Å². The van der Waals surface area contributed by atoms with Crippen LogP contribution >= 0.6 is 22.6 Å². The van der Waals surface area contributed by atoms with Crippen molar-refractivity contribution in [3.63, 3.8) is 0 Å². The second kappa shape index (κ2) is 8.23. The minimum atomic E-state index is -0.594. The number of rotatable bonds is 6. The normalized spacial score (nSPS) is 10.4. The van der Waals surface area contributed by atoms with E-state index in [1.54, 1.807) is 0 Å². The van der Waals surface area contributed by atoms with Crippen LogP contribution in [-0.2, 0) is 4.84 Å². The van der Waals surface area contributed by atoms with Crippen LogP contribution in [0.3, 0.4) is 0 Å². The van der Waals surface area contributed by atoms with Crippen LogP contribution in [0.25, 0.3) is 0 Å². The Labute approximate surface area is 146 Å². The van der Waals surface area contributed by atoms with Crippen LogP contribution in [0.4, 0.5) is 15.8 Å². The van der Waals surface area contributed by atoms with Crippen LogP contribution in [0.1, 0.15) is 15.9 Å². The average molecular weight is 430 g/mol. The summed E-state index contributed by atoms with van der Waals surface area (Å²) in [6.45, 7) is 1.63. The molecule has 0 heterocycles. The van der Waals surface area contributed by atoms with Gasteiger partial charge in [0.05, 0.1) is 24.5 Å². The lowest BCUT2D eigenvalue weighted by Gasteiger charge is -2.15. The molecular formula is C16H16FIN2O3. The number of amides is 1. The molecule has 1 amide bonds. The molecule has 0 spiro atoms. The highest BCUT2D eigenvalue weighted by atomic mass is 127. The molecule has 2 aromatic carbocycles. The Bertz CT molecular complexity index is 710. The molecule has 23 heavy (non-hydrogen) atoms. The number of benzene rings is 2. The van der Waals surface area contributed by atoms with Crippen LogP contribution < -0.4 is 10.8 Å². The Morgan fingerprint density at radius 3 is 2.83 bits per heavy atom. The zero-order chi connectivity index (χ0) is 16.8. The van der Waals surface area contributed by atoms with Crippen LogP contribution in [0, 0.1) is 16.3 Å². The molecule has 0 bridgehead atoms. The van der Waals surface area contributed by atoms with E-state index in [1.165, 1.54) is 18.2 Å². The van der Waals surface area contributed by atoms with Crippen molar-refractivity contribution < 1.29 is 19.1 Å². The van der Waals surface area contributed by atoms with Gasteiger partial charge in [-0.25, -0.2) is 9.87 Å². The Morgan fingerprint density at radius 1 is 1.35 bits per heavy atom. The first-order valence-electron chi connectivity index (χ1n) is 6.87. The van der Waals surface area contributed by atoms with Crippen molar-refractivity contribution >= 4 is 39.9 Å². The summed E-state index contributed by atoms with van der Waals surface area (Å²) in [4.78, 5) is 16.9. The van der Waals surface area contributed by atoms with Gasteiger partial charge >= 0.3 is 0 Å². The molecule has 0 aromatic heterocycles. The maximum Gasteiger partial charge on any atom is 0.277 e. The highest BCUT2D eigenvalue weighted by Crippen LogP contribution is 2.27. The molecule has 0 radical (unpaired) electrons. The summed E-state index contributed by atoms with van der Waals surface area (Å²) in [5.41, 5.74) is 4.00. The summed E-state index contributed by atoms with van der Waals surface area (Å²) >= 11 is 2.19. The van der Waals surface area contributed by atoms with Gasteiger partial charge in [-0.15, -0.1) is 0 Å². The van der Waals surface area contributed by atoms with E-state index < -0.39 is 11.7 Å². The zero-order valence-electron chi connectivity index (χ0n) is 12.4. The number of carbonyl (C=O) groups excluding carboxylic acids is 1. The first kappa shape index (κ1) is 17.6. The van der Waals surface area contributed by atoms with Crippen LogP contribution in [-0.4, -0.2) is 24.2 Å². The number of carbonyl (C=O) groups is 1. The number of hydrogen-bond acceptors (Lipinski definition) is 4. The van der Waals surface area contributed by atoms with Gasteiger partial charge in [0.1, 0.15) is 5.82 Å². The summed E-state index contributed by atoms with van der Waals surface area (Å²) in [5, 5.41) is 11.6. The van der Waals surface area contributed by atoms with Crippen molar-refractivity contribution in [2.45, 2.75) is 6.92 Å². The lowest BCUT2D eigenvalue weighted by Crippen LogP contribution is -2.26. The summed E-state index contributed by atoms with van der Waals surface area (Å²) in [6.07, 6.45) is 0. The van der Waals surface area contributed by atoms with Gasteiger partial charge in [-0.2, -0.15) is 0 Å². The predicted molar refractivity (Wildman–Crippen MR) is 94.1 cm³/mol. The fourth-order valence-corrected chi connectivity index (χ4v) is 2.61. The number of anilines is 2. The molecule has 0 aliphatic rings. The average Bonchev–Trinajstić information content (AvgIpc) is 2.51. The molecule has 2 aromatic rings. The summed E-state index contributed by atoms with van der Waals surface area (Å²) in [5.74, 6) is -1.14. The van der Waals surface area contributed by atoms with E-state index in [0.717, 1.165) is 9.13 Å². The first-order chi connectivity index (χ1) is 11.0. The topological polar surface area (TPSA) is 70.6 Å². The van der Waals surface area contributed by atoms with Crippen LogP contribution in [0.5, 0.6) is 0 Å². The predicted octanol–water partition coefficient (Wildman–Crippen LogP) is 3.14. The third kappa shape index (κ3) is 4.63. The third-order valence-corrected chi connectivity index (χ3v) is 3.74. The minimum Gasteiger partial charge on any atom is -0.394 e. The van der Waals surface area contributed by atoms with Crippen molar-refractivity contribution in [1.82, 2.24) is 5.48 Å². The number of aliphatic hydroxyl groups excluding tert-OH is 1. The second-order valence-electron chi connectivity index (χ2n) is 4.75. The van der Waals surface area contributed by atoms with Crippen LogP contribution in [0.15, 0.2) is 36.4 Å². The Balaban J connectivity index is 2.28. The molecule has 122 valence electrons. The molecule has 2 rings (SSSR count). The molecule has 0 atom stereocenters. The van der Waals surface area contributed by atoms with Crippen molar-refractivity contribution in [2.24, 2.45) is 0 Å². The zero-order valence-corrected chi connectivity index (χ0v) is 14.6. The van der Waals surface area contributed by atoms with E-state index in [2.05, 4.69) is 33.4 Å². The van der Waals surface area contributed by atoms with Gasteiger partial charge in [0, 0.05) is 9.26 Å². The number of aliphatic hydroxyl groups is 1. The van der Waals surface area contributed by atoms with E-state index >= 15 is 0 Å². The molecule has 0 unspecified atom stereocenters. The maximum atomic E-state index is 14.2. The molecule has 0 aliphatic carbocycles. The van der Waals surface area contributed by atoms with Gasteiger partial charge in [0.15, 0.2) is 0 Å². The standard InChI is InChI=1S/C16H16FIN2O3/c1-10-9-11(18)5-6-14(10)19-15-12(3-2-4-13(15)17)16(22)20-23-8-7-21/h2-6,9,19,21H,7-8H2,1H3,(H,20,22). The number of hydrogen-bond donors (Lipinski definition) is 3. The molecule has 0 saturated heterocycles. The Morgan fingerprint density at radius 2 is 2.13 bits per heavy atom. The number of hydroxylamine groups is 1. The van der Waals surface area contributed by atoms with E-state index in [4.69, 9.17) is 9.94 Å². The molecule has 0 saturated carbocycles. The van der Waals surface area contributed by atoms with Crippen molar-refractivity contribution in [1.29, 1.82) is 0 Å². The molecular weight excluding hydrogens is 414 g/mol. The SMILES string of the molecule is Cc1cc(I)ccc1Nc1c(F)cccc1C(=O)NOCCO. The quantitative estimate of drug-likeness (QED) is 0.374. The molecule has 7 heteroatoms. The summed E-state index contributed by atoms with van der Waals surface area (Å²) in [6, 6.07) is 9.88. The maximum absolute atomic E-state index is 14.2. The highest BCUT2D eigenvalue weighted by molar-refractivity contribution is 14.1. The van der Waals surface area contributed by atoms with Crippen molar-refractivity contribution in [2.75, 3.05) is 18.5 Å². The Kier molecular flexibility index (Phi) is 6.31. The van der Waals surface area contributed by atoms with E-state index in [1.807, 2.05) is 25.1 Å². The van der Waals surface area contributed by atoms with Gasteiger partial charge in [-0.1, -0.05) is 6.07 Å². The summed E-state index contributed by atoms with van der Waals surface area (Å²) in [7, 11) is 0. The third-order valence-electron chi connectivity index (χ3n) is 3.06. The van der Waals surface area contributed by atoms with Gasteiger partial charge in [-0.3, -0.25) is 9.63 Å². The minimum absolute atomic E-state index is 0.0416. The molecule has 0 aliphatic heterocycles. The number of para-hydroxylation sites is 1. The van der Waals surface area contributed by atoms with Gasteiger partial charge < -0.3 is 10.4 Å². The monoisotopic (exact) mass is 430 g/mol. The van der Waals surface area contributed by atoms with E-state index in [9.17, 15) is 9.18 Å².